The number of methoxy groups -OCH3 is 1. The molecule has 2 aromatic rings. The van der Waals surface area contributed by atoms with Crippen molar-refractivity contribution in [1.29, 1.82) is 0 Å². The molecule has 0 saturated heterocycles. The second kappa shape index (κ2) is 3.70. The predicted octanol–water partition coefficient (Wildman–Crippen LogP) is 0.978. The van der Waals surface area contributed by atoms with Gasteiger partial charge in [0.25, 0.3) is 0 Å². The zero-order valence-electron chi connectivity index (χ0n) is 8.19. The molecule has 0 aliphatic heterocycles. The summed E-state index contributed by atoms with van der Waals surface area (Å²) in [6.07, 6.45) is 0.141. The maximum atomic E-state index is 11.5. The Morgan fingerprint density at radius 3 is 3.07 bits per heavy atom. The Hall–Kier alpha value is -1.88. The number of fused-ring (bicyclic) bond motifs is 1. The van der Waals surface area contributed by atoms with Crippen molar-refractivity contribution in [1.82, 2.24) is 4.98 Å². The van der Waals surface area contributed by atoms with Gasteiger partial charge in [0.2, 0.25) is 0 Å². The number of nitrogens with two attached hydrogens (primary N) is 1. The number of nitrogens with zero attached hydrogens (tertiary/aromatic N) is 1. The van der Waals surface area contributed by atoms with Crippen LogP contribution in [0.3, 0.4) is 0 Å². The minimum Gasteiger partial charge on any atom is -0.453 e. The van der Waals surface area contributed by atoms with E-state index in [1.807, 2.05) is 0 Å². The van der Waals surface area contributed by atoms with Crippen LogP contribution in [0.15, 0.2) is 22.6 Å². The number of benzene rings is 1. The summed E-state index contributed by atoms with van der Waals surface area (Å²) in [6.45, 7) is -0.0473. The first-order chi connectivity index (χ1) is 7.26. The van der Waals surface area contributed by atoms with E-state index in [-0.39, 0.29) is 18.4 Å². The van der Waals surface area contributed by atoms with Crippen LogP contribution in [-0.4, -0.2) is 24.4 Å². The van der Waals surface area contributed by atoms with Crippen LogP contribution in [0.2, 0.25) is 0 Å². The average Bonchev–Trinajstić information content (AvgIpc) is 2.70. The standard InChI is InChI=1S/C10H10N2O3/c1-14-10-12-9-6(7(13)5-11)3-2-4-8(9)15-10/h2-4H,5,11H2,1H3. The lowest BCUT2D eigenvalue weighted by molar-refractivity contribution is 0.100. The molecule has 0 saturated carbocycles. The Bertz CT molecular complexity index is 504. The van der Waals surface area contributed by atoms with Gasteiger partial charge < -0.3 is 14.9 Å². The molecule has 0 aliphatic rings. The maximum absolute atomic E-state index is 11.5. The van der Waals surface area contributed by atoms with Gasteiger partial charge in [-0.1, -0.05) is 6.07 Å². The SMILES string of the molecule is COc1nc2c(C(=O)CN)cccc2o1. The van der Waals surface area contributed by atoms with Crippen LogP contribution in [0.4, 0.5) is 0 Å². The third-order valence-corrected chi connectivity index (χ3v) is 2.06. The monoisotopic (exact) mass is 206 g/mol. The van der Waals surface area contributed by atoms with Gasteiger partial charge in [-0.25, -0.2) is 0 Å². The lowest BCUT2D eigenvalue weighted by Gasteiger charge is -1.96. The lowest BCUT2D eigenvalue weighted by atomic mass is 10.1. The topological polar surface area (TPSA) is 78.3 Å². The fourth-order valence-electron chi connectivity index (χ4n) is 1.35. The number of ether oxygens (including phenoxy) is 1. The van der Waals surface area contributed by atoms with E-state index in [4.69, 9.17) is 14.9 Å². The molecular weight excluding hydrogens is 196 g/mol. The fourth-order valence-corrected chi connectivity index (χ4v) is 1.35. The highest BCUT2D eigenvalue weighted by molar-refractivity contribution is 6.06. The molecule has 1 heterocycles. The van der Waals surface area contributed by atoms with Gasteiger partial charge >= 0.3 is 6.08 Å². The van der Waals surface area contributed by atoms with E-state index in [9.17, 15) is 4.79 Å². The van der Waals surface area contributed by atoms with Crippen LogP contribution in [-0.2, 0) is 0 Å². The van der Waals surface area contributed by atoms with Gasteiger partial charge in [0.1, 0.15) is 5.52 Å². The van der Waals surface area contributed by atoms with Crippen molar-refractivity contribution in [3.63, 3.8) is 0 Å². The number of carbonyl (C=O) groups excluding carboxylic acids is 1. The van der Waals surface area contributed by atoms with Crippen LogP contribution in [0, 0.1) is 0 Å². The fraction of sp³-hybridized carbons (Fsp3) is 0.200. The molecule has 78 valence electrons. The van der Waals surface area contributed by atoms with Gasteiger partial charge in [-0.3, -0.25) is 4.79 Å². The second-order valence-electron chi connectivity index (χ2n) is 2.96. The van der Waals surface area contributed by atoms with E-state index in [0.29, 0.717) is 16.7 Å². The normalized spacial score (nSPS) is 10.5. The highest BCUT2D eigenvalue weighted by atomic mass is 16.6. The molecule has 2 N–H and O–H groups in total. The number of carbonyl (C=O) groups is 1. The van der Waals surface area contributed by atoms with Crippen molar-refractivity contribution >= 4 is 16.9 Å². The van der Waals surface area contributed by atoms with Crippen LogP contribution in [0.1, 0.15) is 10.4 Å². The quantitative estimate of drug-likeness (QED) is 0.757. The molecule has 0 unspecified atom stereocenters. The van der Waals surface area contributed by atoms with Crippen LogP contribution < -0.4 is 10.5 Å². The first-order valence-corrected chi connectivity index (χ1v) is 4.43. The number of para-hydroxylation sites is 1. The van der Waals surface area contributed by atoms with E-state index in [1.54, 1.807) is 18.2 Å². The third-order valence-electron chi connectivity index (χ3n) is 2.06. The number of Topliss-reactive ketones (excluding diaryl/α,β-unsaturated/α-hetero) is 1. The van der Waals surface area contributed by atoms with Crippen molar-refractivity contribution in [2.75, 3.05) is 13.7 Å². The Labute approximate surface area is 85.8 Å². The Morgan fingerprint density at radius 2 is 2.40 bits per heavy atom. The summed E-state index contributed by atoms with van der Waals surface area (Å²) in [4.78, 5) is 15.5. The molecule has 15 heavy (non-hydrogen) atoms. The van der Waals surface area contributed by atoms with E-state index in [2.05, 4.69) is 4.98 Å². The summed E-state index contributed by atoms with van der Waals surface area (Å²) in [5.74, 6) is -0.170. The summed E-state index contributed by atoms with van der Waals surface area (Å²) in [5.41, 5.74) is 6.77. The smallest absolute Gasteiger partial charge is 0.394 e. The van der Waals surface area contributed by atoms with E-state index in [1.165, 1.54) is 7.11 Å². The van der Waals surface area contributed by atoms with Crippen molar-refractivity contribution in [2.45, 2.75) is 0 Å². The van der Waals surface area contributed by atoms with E-state index < -0.39 is 0 Å². The summed E-state index contributed by atoms with van der Waals surface area (Å²) in [5, 5.41) is 0. The number of rotatable bonds is 3. The van der Waals surface area contributed by atoms with Gasteiger partial charge in [0.05, 0.1) is 13.7 Å². The number of hydrogen-bond donors (Lipinski definition) is 1. The molecule has 0 amide bonds. The minimum absolute atomic E-state index is 0.0473. The van der Waals surface area contributed by atoms with Crippen molar-refractivity contribution < 1.29 is 13.9 Å². The molecule has 0 bridgehead atoms. The van der Waals surface area contributed by atoms with Crippen molar-refractivity contribution in [2.24, 2.45) is 5.73 Å². The van der Waals surface area contributed by atoms with Gasteiger partial charge in [-0.2, -0.15) is 4.98 Å². The molecule has 0 fully saturated rings. The van der Waals surface area contributed by atoms with Crippen molar-refractivity contribution in [3.05, 3.63) is 23.8 Å². The molecule has 0 atom stereocenters. The van der Waals surface area contributed by atoms with E-state index in [0.717, 1.165) is 0 Å². The summed E-state index contributed by atoms with van der Waals surface area (Å²) in [7, 11) is 1.45. The summed E-state index contributed by atoms with van der Waals surface area (Å²) >= 11 is 0. The van der Waals surface area contributed by atoms with Gasteiger partial charge in [0, 0.05) is 5.56 Å². The van der Waals surface area contributed by atoms with Gasteiger partial charge in [-0.15, -0.1) is 0 Å². The van der Waals surface area contributed by atoms with Crippen LogP contribution in [0.5, 0.6) is 6.08 Å². The molecule has 5 nitrogen and oxygen atoms in total. The molecule has 1 aromatic heterocycles. The number of oxazole rings is 1. The maximum Gasteiger partial charge on any atom is 0.394 e. The molecule has 1 aromatic carbocycles. The zero-order valence-corrected chi connectivity index (χ0v) is 8.19. The highest BCUT2D eigenvalue weighted by Gasteiger charge is 2.13. The molecular formula is C10H10N2O3. The number of ketones is 1. The first kappa shape index (κ1) is 9.67. The van der Waals surface area contributed by atoms with Crippen molar-refractivity contribution in [3.8, 4) is 6.08 Å². The first-order valence-electron chi connectivity index (χ1n) is 4.43. The third kappa shape index (κ3) is 1.57. The largest absolute Gasteiger partial charge is 0.453 e. The minimum atomic E-state index is -0.170. The van der Waals surface area contributed by atoms with E-state index >= 15 is 0 Å². The Balaban J connectivity index is 2.64. The second-order valence-corrected chi connectivity index (χ2v) is 2.96. The molecule has 2 rings (SSSR count). The zero-order chi connectivity index (χ0) is 10.8. The number of hydrogen-bond acceptors (Lipinski definition) is 5. The summed E-state index contributed by atoms with van der Waals surface area (Å²) < 4.78 is 10.1. The molecule has 0 radical (unpaired) electrons. The highest BCUT2D eigenvalue weighted by Crippen LogP contribution is 2.23. The molecule has 0 spiro atoms. The predicted molar refractivity (Wildman–Crippen MR) is 53.9 cm³/mol. The Morgan fingerprint density at radius 1 is 1.60 bits per heavy atom. The average molecular weight is 206 g/mol. The summed E-state index contributed by atoms with van der Waals surface area (Å²) in [6, 6.07) is 5.10. The molecule has 0 aliphatic carbocycles. The molecule has 5 heteroatoms. The van der Waals surface area contributed by atoms with Crippen LogP contribution >= 0.6 is 0 Å². The van der Waals surface area contributed by atoms with Crippen LogP contribution in [0.25, 0.3) is 11.1 Å². The lowest BCUT2D eigenvalue weighted by Crippen LogP contribution is -2.13. The Kier molecular flexibility index (Phi) is 2.39. The van der Waals surface area contributed by atoms with Gasteiger partial charge in [0.15, 0.2) is 11.4 Å². The number of aromatic nitrogens is 1. The van der Waals surface area contributed by atoms with Gasteiger partial charge in [-0.05, 0) is 12.1 Å².